The van der Waals surface area contributed by atoms with E-state index >= 15 is 0 Å². The van der Waals surface area contributed by atoms with Gasteiger partial charge in [-0.3, -0.25) is 9.59 Å². The number of rotatable bonds is 7. The zero-order valence-corrected chi connectivity index (χ0v) is 16.4. The maximum Gasteiger partial charge on any atom is 0.240 e. The van der Waals surface area contributed by atoms with Gasteiger partial charge in [0.05, 0.1) is 5.71 Å². The third-order valence-corrected chi connectivity index (χ3v) is 4.15. The minimum Gasteiger partial charge on any atom is -0.326 e. The number of benzene rings is 2. The Bertz CT molecular complexity index is 827. The van der Waals surface area contributed by atoms with E-state index in [0.29, 0.717) is 0 Å². The van der Waals surface area contributed by atoms with Gasteiger partial charge in [0, 0.05) is 18.5 Å². The van der Waals surface area contributed by atoms with Crippen LogP contribution in [0.15, 0.2) is 53.6 Å². The number of nitrogens with zero attached hydrogens (tertiary/aromatic N) is 1. The number of hydrogen-bond acceptors (Lipinski definition) is 3. The average Bonchev–Trinajstić information content (AvgIpc) is 2.63. The zero-order chi connectivity index (χ0) is 19.8. The lowest BCUT2D eigenvalue weighted by atomic mass is 10.0. The van der Waals surface area contributed by atoms with Gasteiger partial charge in [-0.25, -0.2) is 5.43 Å². The molecule has 0 aromatic heterocycles. The summed E-state index contributed by atoms with van der Waals surface area (Å²) >= 11 is 0. The van der Waals surface area contributed by atoms with Crippen LogP contribution in [0.4, 0.5) is 5.69 Å². The van der Waals surface area contributed by atoms with Gasteiger partial charge < -0.3 is 5.32 Å². The summed E-state index contributed by atoms with van der Waals surface area (Å²) in [7, 11) is 0. The van der Waals surface area contributed by atoms with Crippen molar-refractivity contribution in [3.8, 4) is 0 Å². The standard InChI is InChI=1S/C22H27N3O2/c1-15(2)22(18-8-6-5-7-9-18)25-24-21(27)13-12-20(26)23-19-11-10-16(3)14-17(19)4/h5-11,14-15H,12-13H2,1-4H3,(H,23,26)(H,24,27)/b25-22+. The number of hydrogen-bond donors (Lipinski definition) is 2. The van der Waals surface area contributed by atoms with Crippen molar-refractivity contribution < 1.29 is 9.59 Å². The summed E-state index contributed by atoms with van der Waals surface area (Å²) in [6, 6.07) is 15.6. The molecule has 5 nitrogen and oxygen atoms in total. The van der Waals surface area contributed by atoms with Crippen LogP contribution in [0, 0.1) is 19.8 Å². The Morgan fingerprint density at radius 3 is 2.26 bits per heavy atom. The Labute approximate surface area is 160 Å². The summed E-state index contributed by atoms with van der Waals surface area (Å²) in [4.78, 5) is 24.2. The summed E-state index contributed by atoms with van der Waals surface area (Å²) in [6.45, 7) is 8.00. The monoisotopic (exact) mass is 365 g/mol. The first-order valence-corrected chi connectivity index (χ1v) is 9.15. The van der Waals surface area contributed by atoms with Gasteiger partial charge in [0.15, 0.2) is 0 Å². The van der Waals surface area contributed by atoms with Gasteiger partial charge >= 0.3 is 0 Å². The number of anilines is 1. The normalized spacial score (nSPS) is 11.4. The van der Waals surface area contributed by atoms with Gasteiger partial charge in [-0.1, -0.05) is 61.9 Å². The second kappa shape index (κ2) is 9.67. The Hall–Kier alpha value is -2.95. The molecule has 2 amide bonds. The van der Waals surface area contributed by atoms with Crippen molar-refractivity contribution in [3.05, 3.63) is 65.2 Å². The molecule has 0 saturated carbocycles. The minimum atomic E-state index is -0.278. The maximum absolute atomic E-state index is 12.1. The molecule has 0 aliphatic carbocycles. The smallest absolute Gasteiger partial charge is 0.240 e. The Morgan fingerprint density at radius 1 is 0.963 bits per heavy atom. The molecule has 142 valence electrons. The largest absolute Gasteiger partial charge is 0.326 e. The predicted octanol–water partition coefficient (Wildman–Crippen LogP) is 4.20. The number of carbonyl (C=O) groups is 2. The predicted molar refractivity (Wildman–Crippen MR) is 110 cm³/mol. The topological polar surface area (TPSA) is 70.6 Å². The fourth-order valence-corrected chi connectivity index (χ4v) is 2.71. The molecule has 2 aromatic rings. The molecule has 0 saturated heterocycles. The van der Waals surface area contributed by atoms with E-state index in [-0.39, 0.29) is 30.6 Å². The lowest BCUT2D eigenvalue weighted by Gasteiger charge is -2.11. The van der Waals surface area contributed by atoms with E-state index in [2.05, 4.69) is 15.8 Å². The van der Waals surface area contributed by atoms with E-state index in [1.54, 1.807) is 0 Å². The van der Waals surface area contributed by atoms with Crippen LogP contribution in [-0.4, -0.2) is 17.5 Å². The van der Waals surface area contributed by atoms with Gasteiger partial charge in [-0.2, -0.15) is 5.10 Å². The second-order valence-electron chi connectivity index (χ2n) is 6.92. The molecule has 0 spiro atoms. The number of hydrazone groups is 1. The van der Waals surface area contributed by atoms with E-state index in [1.165, 1.54) is 0 Å². The van der Waals surface area contributed by atoms with Crippen molar-refractivity contribution in [2.24, 2.45) is 11.0 Å². The molecule has 0 unspecified atom stereocenters. The van der Waals surface area contributed by atoms with Gasteiger partial charge in [-0.15, -0.1) is 0 Å². The first-order valence-electron chi connectivity index (χ1n) is 9.15. The SMILES string of the molecule is Cc1ccc(NC(=O)CCC(=O)N/N=C(/c2ccccc2)C(C)C)c(C)c1. The van der Waals surface area contributed by atoms with E-state index in [0.717, 1.165) is 28.1 Å². The van der Waals surface area contributed by atoms with Gasteiger partial charge in [-0.05, 0) is 37.0 Å². The van der Waals surface area contributed by atoms with Crippen molar-refractivity contribution in [3.63, 3.8) is 0 Å². The van der Waals surface area contributed by atoms with Crippen LogP contribution in [0.25, 0.3) is 0 Å². The lowest BCUT2D eigenvalue weighted by molar-refractivity contribution is -0.124. The lowest BCUT2D eigenvalue weighted by Crippen LogP contribution is -2.23. The molecule has 0 aliphatic heterocycles. The number of carbonyl (C=O) groups excluding carboxylic acids is 2. The highest BCUT2D eigenvalue weighted by Gasteiger charge is 2.11. The van der Waals surface area contributed by atoms with E-state index in [4.69, 9.17) is 0 Å². The second-order valence-corrected chi connectivity index (χ2v) is 6.92. The summed E-state index contributed by atoms with van der Waals surface area (Å²) in [5, 5.41) is 7.11. The minimum absolute atomic E-state index is 0.0837. The fraction of sp³-hybridized carbons (Fsp3) is 0.318. The van der Waals surface area contributed by atoms with E-state index in [9.17, 15) is 9.59 Å². The highest BCUT2D eigenvalue weighted by atomic mass is 16.2. The Kier molecular flexibility index (Phi) is 7.29. The summed E-state index contributed by atoms with van der Waals surface area (Å²) in [6.07, 6.45) is 0.192. The van der Waals surface area contributed by atoms with Crippen molar-refractivity contribution >= 4 is 23.2 Å². The highest BCUT2D eigenvalue weighted by Crippen LogP contribution is 2.16. The maximum atomic E-state index is 12.1. The van der Waals surface area contributed by atoms with Crippen LogP contribution in [0.3, 0.4) is 0 Å². The van der Waals surface area contributed by atoms with Crippen molar-refractivity contribution in [1.82, 2.24) is 5.43 Å². The first kappa shape index (κ1) is 20.4. The van der Waals surface area contributed by atoms with E-state index in [1.807, 2.05) is 76.2 Å². The molecule has 0 heterocycles. The molecule has 0 fully saturated rings. The molecule has 0 bridgehead atoms. The van der Waals surface area contributed by atoms with Gasteiger partial charge in [0.25, 0.3) is 0 Å². The van der Waals surface area contributed by atoms with Gasteiger partial charge in [0.1, 0.15) is 0 Å². The third-order valence-electron chi connectivity index (χ3n) is 4.15. The summed E-state index contributed by atoms with van der Waals surface area (Å²) < 4.78 is 0. The number of amides is 2. The average molecular weight is 365 g/mol. The molecule has 0 atom stereocenters. The Balaban J connectivity index is 1.88. The molecular weight excluding hydrogens is 338 g/mol. The van der Waals surface area contributed by atoms with Crippen molar-refractivity contribution in [1.29, 1.82) is 0 Å². The van der Waals surface area contributed by atoms with Crippen LogP contribution in [0.5, 0.6) is 0 Å². The molecule has 5 heteroatoms. The molecule has 2 rings (SSSR count). The zero-order valence-electron chi connectivity index (χ0n) is 16.4. The quantitative estimate of drug-likeness (QED) is 0.570. The summed E-state index contributed by atoms with van der Waals surface area (Å²) in [5.41, 5.74) is 7.27. The first-order chi connectivity index (χ1) is 12.9. The van der Waals surface area contributed by atoms with Crippen LogP contribution < -0.4 is 10.7 Å². The molecule has 0 radical (unpaired) electrons. The molecule has 2 aromatic carbocycles. The van der Waals surface area contributed by atoms with Gasteiger partial charge in [0.2, 0.25) is 11.8 Å². The van der Waals surface area contributed by atoms with E-state index < -0.39 is 0 Å². The fourth-order valence-electron chi connectivity index (χ4n) is 2.71. The van der Waals surface area contributed by atoms with Crippen molar-refractivity contribution in [2.75, 3.05) is 5.32 Å². The van der Waals surface area contributed by atoms with Crippen LogP contribution >= 0.6 is 0 Å². The molecular formula is C22H27N3O2. The summed E-state index contributed by atoms with van der Waals surface area (Å²) in [5.74, 6) is -0.298. The highest BCUT2D eigenvalue weighted by molar-refractivity contribution is 6.02. The molecule has 0 aliphatic rings. The third kappa shape index (κ3) is 6.37. The van der Waals surface area contributed by atoms with Crippen LogP contribution in [0.2, 0.25) is 0 Å². The Morgan fingerprint density at radius 2 is 1.63 bits per heavy atom. The van der Waals surface area contributed by atoms with Crippen molar-refractivity contribution in [2.45, 2.75) is 40.5 Å². The molecule has 27 heavy (non-hydrogen) atoms. The molecule has 2 N–H and O–H groups in total. The van der Waals surface area contributed by atoms with Crippen LogP contribution in [0.1, 0.15) is 43.4 Å². The number of nitrogens with one attached hydrogen (secondary N) is 2. The van der Waals surface area contributed by atoms with Crippen LogP contribution in [-0.2, 0) is 9.59 Å². The number of aryl methyl sites for hydroxylation is 2.